The van der Waals surface area contributed by atoms with Gasteiger partial charge in [0.1, 0.15) is 54.4 Å². The molecule has 538 valence electrons. The maximum absolute atomic E-state index is 15.2. The SMILES string of the molecule is CCCCCCCCCCCCCC(=O)NCC(=O)NC(CC(=O)O)C(=O)NC1C(=O)N2CCCCC2C(=O)NC(C(C)C(=O)O)C(=O)NC(CC(=O)O)C(=O)NCC(=O)NC(CC(=O)O)C(=O)NCC(=O)NC(C(C)N)C(=O)NC(C(C)C)C(=O)N2CCCC2C(=O)NC1C. The third kappa shape index (κ3) is 27.4. The van der Waals surface area contributed by atoms with Crippen molar-refractivity contribution >= 4 is 101 Å². The van der Waals surface area contributed by atoms with Gasteiger partial charge in [-0.25, -0.2) is 0 Å². The molecular formula is C61H98N14O21. The van der Waals surface area contributed by atoms with Gasteiger partial charge in [-0.05, 0) is 65.2 Å². The molecule has 3 fully saturated rings. The third-order valence-electron chi connectivity index (χ3n) is 16.6. The van der Waals surface area contributed by atoms with Crippen LogP contribution in [0, 0.1) is 11.8 Å². The summed E-state index contributed by atoms with van der Waals surface area (Å²) < 4.78 is 0. The van der Waals surface area contributed by atoms with Crippen LogP contribution in [-0.4, -0.2) is 230 Å². The van der Waals surface area contributed by atoms with Gasteiger partial charge in [0.15, 0.2) is 0 Å². The number of carboxylic acid groups (broad SMARTS) is 4. The number of piperidine rings is 1. The summed E-state index contributed by atoms with van der Waals surface area (Å²) in [5.74, 6) is -23.6. The second-order valence-electron chi connectivity index (χ2n) is 24.9. The van der Waals surface area contributed by atoms with Gasteiger partial charge in [-0.1, -0.05) is 85.0 Å². The Morgan fingerprint density at radius 1 is 0.542 bits per heavy atom. The molecule has 12 atom stereocenters. The largest absolute Gasteiger partial charge is 0.481 e. The molecule has 17 N–H and O–H groups in total. The molecule has 0 aliphatic carbocycles. The van der Waals surface area contributed by atoms with E-state index in [0.29, 0.717) is 6.42 Å². The lowest BCUT2D eigenvalue weighted by Crippen LogP contribution is -2.66. The predicted octanol–water partition coefficient (Wildman–Crippen LogP) is -3.53. The number of carbonyl (C=O) groups excluding carboxylic acids is 13. The Morgan fingerprint density at radius 3 is 1.56 bits per heavy atom. The van der Waals surface area contributed by atoms with Crippen LogP contribution in [-0.2, 0) is 81.5 Å². The van der Waals surface area contributed by atoms with Gasteiger partial charge in [0.25, 0.3) is 0 Å². The summed E-state index contributed by atoms with van der Waals surface area (Å²) in [6, 6.07) is -18.9. The highest BCUT2D eigenvalue weighted by molar-refractivity contribution is 6.01. The Hall–Kier alpha value is -9.05. The molecule has 3 rings (SSSR count). The van der Waals surface area contributed by atoms with Crippen LogP contribution >= 0.6 is 0 Å². The first-order chi connectivity index (χ1) is 45.3. The normalized spacial score (nSPS) is 24.4. The van der Waals surface area contributed by atoms with Gasteiger partial charge in [-0.2, -0.15) is 0 Å². The smallest absolute Gasteiger partial charge is 0.308 e. The van der Waals surface area contributed by atoms with Crippen molar-refractivity contribution < 1.29 is 102 Å². The van der Waals surface area contributed by atoms with Gasteiger partial charge >= 0.3 is 23.9 Å². The summed E-state index contributed by atoms with van der Waals surface area (Å²) in [5, 5.41) is 64.5. The number of carboxylic acids is 4. The van der Waals surface area contributed by atoms with Crippen LogP contribution in [0.4, 0.5) is 0 Å². The lowest BCUT2D eigenvalue weighted by atomic mass is 9.96. The summed E-state index contributed by atoms with van der Waals surface area (Å²) in [5.41, 5.74) is 6.11. The molecule has 3 heterocycles. The van der Waals surface area contributed by atoms with Gasteiger partial charge in [-0.15, -0.1) is 0 Å². The lowest BCUT2D eigenvalue weighted by Gasteiger charge is -2.39. The minimum Gasteiger partial charge on any atom is -0.481 e. The minimum atomic E-state index is -2.17. The second-order valence-corrected chi connectivity index (χ2v) is 24.9. The summed E-state index contributed by atoms with van der Waals surface area (Å²) in [6.45, 7) is 5.68. The van der Waals surface area contributed by atoms with Crippen LogP contribution in [0.15, 0.2) is 0 Å². The lowest BCUT2D eigenvalue weighted by molar-refractivity contribution is -0.150. The number of nitrogens with zero attached hydrogens (tertiary/aromatic N) is 2. The van der Waals surface area contributed by atoms with Gasteiger partial charge in [0.2, 0.25) is 76.8 Å². The molecule has 96 heavy (non-hydrogen) atoms. The number of aliphatic carboxylic acids is 4. The van der Waals surface area contributed by atoms with Crippen molar-refractivity contribution in [1.29, 1.82) is 0 Å². The molecule has 0 aromatic heterocycles. The first kappa shape index (κ1) is 81.2. The Morgan fingerprint density at radius 2 is 1.03 bits per heavy atom. The van der Waals surface area contributed by atoms with Crippen molar-refractivity contribution in [3.8, 4) is 0 Å². The van der Waals surface area contributed by atoms with Gasteiger partial charge in [-0.3, -0.25) is 81.5 Å². The van der Waals surface area contributed by atoms with Gasteiger partial charge in [0.05, 0.1) is 50.9 Å². The number of unbranched alkanes of at least 4 members (excludes halogenated alkanes) is 10. The topological polar surface area (TPSA) is 536 Å². The van der Waals surface area contributed by atoms with E-state index in [4.69, 9.17) is 5.73 Å². The van der Waals surface area contributed by atoms with Crippen molar-refractivity contribution in [1.82, 2.24) is 68.3 Å². The molecule has 3 aliphatic heterocycles. The third-order valence-corrected chi connectivity index (χ3v) is 16.6. The van der Waals surface area contributed by atoms with Crippen LogP contribution in [0.5, 0.6) is 0 Å². The fraction of sp³-hybridized carbons (Fsp3) is 0.721. The monoisotopic (exact) mass is 1360 g/mol. The zero-order valence-corrected chi connectivity index (χ0v) is 55.4. The minimum absolute atomic E-state index is 0.00254. The molecule has 0 radical (unpaired) electrons. The highest BCUT2D eigenvalue weighted by Crippen LogP contribution is 2.24. The number of hydrogen-bond donors (Lipinski definition) is 16. The molecule has 13 amide bonds. The van der Waals surface area contributed by atoms with Crippen molar-refractivity contribution in [2.24, 2.45) is 17.6 Å². The van der Waals surface area contributed by atoms with Crippen LogP contribution in [0.3, 0.4) is 0 Å². The number of nitrogens with two attached hydrogens (primary N) is 1. The van der Waals surface area contributed by atoms with E-state index in [2.05, 4.69) is 49.5 Å². The van der Waals surface area contributed by atoms with Crippen LogP contribution in [0.1, 0.15) is 170 Å². The Balaban J connectivity index is 2.10. The molecule has 35 nitrogen and oxygen atoms in total. The maximum atomic E-state index is 15.2. The second kappa shape index (κ2) is 41.0. The Kier molecular flexibility index (Phi) is 34.7. The van der Waals surface area contributed by atoms with E-state index >= 15 is 4.79 Å². The average molecular weight is 1360 g/mol. The fourth-order valence-electron chi connectivity index (χ4n) is 11.1. The number of nitrogens with one attached hydrogen (secondary N) is 11. The fourth-order valence-corrected chi connectivity index (χ4v) is 11.1. The van der Waals surface area contributed by atoms with E-state index in [1.54, 1.807) is 13.8 Å². The summed E-state index contributed by atoms with van der Waals surface area (Å²) in [4.78, 5) is 231. The van der Waals surface area contributed by atoms with E-state index in [1.807, 2.05) is 16.0 Å². The highest BCUT2D eigenvalue weighted by atomic mass is 16.4. The molecule has 0 aromatic rings. The molecule has 0 saturated carbocycles. The van der Waals surface area contributed by atoms with Crippen molar-refractivity contribution in [2.45, 2.75) is 236 Å². The van der Waals surface area contributed by atoms with Crippen LogP contribution in [0.25, 0.3) is 0 Å². The van der Waals surface area contributed by atoms with Crippen molar-refractivity contribution in [2.75, 3.05) is 32.7 Å². The van der Waals surface area contributed by atoms with E-state index in [9.17, 15) is 97.1 Å². The highest BCUT2D eigenvalue weighted by Gasteiger charge is 2.45. The Bertz CT molecular complexity index is 2800. The number of hydrogen-bond acceptors (Lipinski definition) is 18. The zero-order valence-electron chi connectivity index (χ0n) is 55.4. The standard InChI is InChI=1S/C61H98N14O21/c1-7-8-9-10-11-12-13-14-15-16-17-23-41(76)63-29-42(77)68-38(28-47(84)85)54(88)73-51-35(6)66-55(89)40-22-20-25-75(40)59(93)48(32(2)3)71-58(92)50(34(5)62)70-44(79)31-65-52(86)36(26-45(80)81)67-43(78)30-64-53(87)37(27-46(82)83)69-57(91)49(33(4)61(95)96)72-56(90)39-21-18-19-24-74(39)60(51)94/h32-40,48-51H,7-31,62H2,1-6H3,(H,63,76)(H,64,87)(H,65,86)(H,66,89)(H,67,78)(H,68,77)(H,69,91)(H,70,79)(H,71,92)(H,72,90)(H,73,88)(H,80,81)(H,82,83)(H,84,85)(H,95,96). The number of fused-ring (bicyclic) bond motifs is 2. The number of amides is 13. The van der Waals surface area contributed by atoms with Gasteiger partial charge in [0, 0.05) is 25.6 Å². The molecule has 0 aromatic carbocycles. The van der Waals surface area contributed by atoms with Crippen molar-refractivity contribution in [3.05, 3.63) is 0 Å². The summed E-state index contributed by atoms with van der Waals surface area (Å²) in [6.07, 6.45) is 8.47. The van der Waals surface area contributed by atoms with Gasteiger partial charge < -0.3 is 94.4 Å². The first-order valence-corrected chi connectivity index (χ1v) is 32.7. The zero-order chi connectivity index (χ0) is 71.9. The van der Waals surface area contributed by atoms with E-state index in [-0.39, 0.29) is 51.6 Å². The molecule has 0 bridgehead atoms. The van der Waals surface area contributed by atoms with Crippen molar-refractivity contribution in [3.63, 3.8) is 0 Å². The quantitative estimate of drug-likeness (QED) is 0.0354. The molecular weight excluding hydrogens is 1260 g/mol. The summed E-state index contributed by atoms with van der Waals surface area (Å²) >= 11 is 0. The predicted molar refractivity (Wildman–Crippen MR) is 337 cm³/mol. The molecule has 12 unspecified atom stereocenters. The molecule has 3 aliphatic rings. The van der Waals surface area contributed by atoms with E-state index < -0.39 is 218 Å². The van der Waals surface area contributed by atoms with E-state index in [1.165, 1.54) is 46.0 Å². The first-order valence-electron chi connectivity index (χ1n) is 32.7. The Labute approximate surface area is 555 Å². The molecule has 0 spiro atoms. The van der Waals surface area contributed by atoms with Crippen LogP contribution in [0.2, 0.25) is 0 Å². The van der Waals surface area contributed by atoms with Crippen LogP contribution < -0.4 is 64.2 Å². The number of rotatable bonds is 27. The maximum Gasteiger partial charge on any atom is 0.308 e. The molecule has 3 saturated heterocycles. The molecule has 35 heteroatoms. The summed E-state index contributed by atoms with van der Waals surface area (Å²) in [7, 11) is 0. The average Bonchev–Trinajstić information content (AvgIpc) is 1.22. The van der Waals surface area contributed by atoms with E-state index in [0.717, 1.165) is 48.8 Å². The number of carbonyl (C=O) groups is 17.